The maximum Gasteiger partial charge on any atom is 0.343 e. The highest BCUT2D eigenvalue weighted by molar-refractivity contribution is 6.01. The molecule has 10 rings (SSSR count). The van der Waals surface area contributed by atoms with E-state index >= 15 is 19.2 Å². The molecule has 136 heavy (non-hydrogen) atoms. The summed E-state index contributed by atoms with van der Waals surface area (Å²) >= 11 is 0. The van der Waals surface area contributed by atoms with Gasteiger partial charge in [-0.2, -0.15) is 0 Å². The molecule has 4 aliphatic rings. The molecule has 0 bridgehead atoms. The van der Waals surface area contributed by atoms with E-state index in [1.807, 2.05) is 60.7 Å². The summed E-state index contributed by atoms with van der Waals surface area (Å²) in [4.78, 5) is 96.3. The fraction of sp³-hybridized carbons (Fsp3) is 0.638. The van der Waals surface area contributed by atoms with Crippen molar-refractivity contribution in [2.75, 3.05) is 48.5 Å². The van der Waals surface area contributed by atoms with Crippen molar-refractivity contribution in [3.63, 3.8) is 0 Å². The number of phenolic OH excluding ortho intramolecular Hbond substituents is 2. The molecule has 0 spiro atoms. The Morgan fingerprint density at radius 1 is 0.331 bits per heavy atom. The zero-order valence-corrected chi connectivity index (χ0v) is 89.8. The van der Waals surface area contributed by atoms with Crippen LogP contribution in [0.1, 0.15) is 369 Å². The van der Waals surface area contributed by atoms with E-state index < -0.39 is 69.7 Å². The standard InChI is InChI=1S/C65H90N2O10.C51H82N2O6/c1-59(2,3)52-36-43(37-53(54(52)68)60(4,5)6)38-65(57(71)76-50-39-61(7,8)66(15)62(9,10)40-50,58(72)77-51-41-63(11,12)67(16)64(13,14)42-51)34-20-18-19-21-35-74-48-30-32-49(33-31-48)75-56(70)47-28-24-45(25-29-47)44-22-26-46(27-23-44)55(69)73-17;1-35-22-24-37(25-23-35)57-27-21-19-18-20-26-51(43(55)58-38-31-47(8,9)52(16)48(10,11)32-38,44(56)59-39-33-49(12,13)53(17)50(14,15)34-39)30-36-28-40(45(2,3)4)42(54)41(29-36)46(5,6)7/h22-33,36-37,50-51,68H,18-21,34-35,38-42H2,1-17H3;22-25,28-29,38-39,54H,18-21,26-27,30-34H2,1-17H3. The zero-order valence-electron chi connectivity index (χ0n) is 89.8. The van der Waals surface area contributed by atoms with Crippen molar-refractivity contribution in [2.45, 2.75) is 420 Å². The van der Waals surface area contributed by atoms with Crippen LogP contribution in [0.5, 0.6) is 28.7 Å². The van der Waals surface area contributed by atoms with Crippen LogP contribution in [-0.4, -0.2) is 183 Å². The number of phenols is 2. The van der Waals surface area contributed by atoms with E-state index in [1.54, 1.807) is 48.5 Å². The third kappa shape index (κ3) is 27.5. The molecular weight excluding hydrogens is 1710 g/mol. The third-order valence-corrected chi connectivity index (χ3v) is 30.7. The molecule has 20 heteroatoms. The minimum Gasteiger partial charge on any atom is -0.507 e. The van der Waals surface area contributed by atoms with Crippen molar-refractivity contribution in [3.05, 3.63) is 171 Å². The summed E-state index contributed by atoms with van der Waals surface area (Å²) in [5.41, 5.74) is 1.67. The van der Waals surface area contributed by atoms with Crippen LogP contribution < -0.4 is 14.2 Å². The summed E-state index contributed by atoms with van der Waals surface area (Å²) in [6.07, 6.45) is 10.2. The Morgan fingerprint density at radius 2 is 0.566 bits per heavy atom. The van der Waals surface area contributed by atoms with Gasteiger partial charge in [-0.05, 0) is 311 Å². The number of rotatable bonds is 32. The van der Waals surface area contributed by atoms with Gasteiger partial charge in [-0.1, -0.05) is 188 Å². The minimum atomic E-state index is -1.68. The van der Waals surface area contributed by atoms with E-state index in [0.29, 0.717) is 106 Å². The molecule has 0 aliphatic carbocycles. The highest BCUT2D eigenvalue weighted by Crippen LogP contribution is 2.50. The number of ether oxygens (including phenoxy) is 8. The van der Waals surface area contributed by atoms with E-state index in [9.17, 15) is 19.8 Å². The van der Waals surface area contributed by atoms with Gasteiger partial charge in [0.2, 0.25) is 0 Å². The lowest BCUT2D eigenvalue weighted by molar-refractivity contribution is -0.190. The van der Waals surface area contributed by atoms with Crippen LogP contribution in [-0.2, 0) is 77.4 Å². The molecule has 4 heterocycles. The normalized spacial score (nSPS) is 19.0. The topological polar surface area (TPSA) is 230 Å². The van der Waals surface area contributed by atoms with Crippen LogP contribution in [0.4, 0.5) is 0 Å². The predicted molar refractivity (Wildman–Crippen MR) is 546 cm³/mol. The van der Waals surface area contributed by atoms with Gasteiger partial charge in [-0.3, -0.25) is 38.8 Å². The van der Waals surface area contributed by atoms with Gasteiger partial charge in [-0.15, -0.1) is 0 Å². The van der Waals surface area contributed by atoms with E-state index in [2.05, 4.69) is 261 Å². The lowest BCUT2D eigenvalue weighted by Crippen LogP contribution is -2.61. The summed E-state index contributed by atoms with van der Waals surface area (Å²) in [6, 6.07) is 37.2. The van der Waals surface area contributed by atoms with Gasteiger partial charge in [-0.25, -0.2) is 9.59 Å². The second-order valence-corrected chi connectivity index (χ2v) is 49.4. The van der Waals surface area contributed by atoms with Crippen LogP contribution in [0.3, 0.4) is 0 Å². The summed E-state index contributed by atoms with van der Waals surface area (Å²) in [6.45, 7) is 63.0. The maximum atomic E-state index is 15.6. The highest BCUT2D eigenvalue weighted by atomic mass is 16.6. The number of benzene rings is 6. The van der Waals surface area contributed by atoms with Crippen LogP contribution in [0.2, 0.25) is 0 Å². The summed E-state index contributed by atoms with van der Waals surface area (Å²) < 4.78 is 49.4. The molecule has 4 saturated heterocycles. The Bertz CT molecular complexity index is 4830. The fourth-order valence-electron chi connectivity index (χ4n) is 21.4. The van der Waals surface area contributed by atoms with Crippen LogP contribution in [0.25, 0.3) is 11.1 Å². The van der Waals surface area contributed by atoms with Crippen molar-refractivity contribution < 1.29 is 76.9 Å². The van der Waals surface area contributed by atoms with Crippen molar-refractivity contribution in [1.29, 1.82) is 0 Å². The minimum absolute atomic E-state index is 0.0619. The van der Waals surface area contributed by atoms with Crippen LogP contribution in [0.15, 0.2) is 121 Å². The monoisotopic (exact) mass is 1880 g/mol. The predicted octanol–water partition coefficient (Wildman–Crippen LogP) is 24.9. The molecule has 6 aromatic carbocycles. The number of nitrogens with zero attached hydrogens (tertiary/aromatic N) is 4. The second-order valence-electron chi connectivity index (χ2n) is 49.4. The summed E-state index contributed by atoms with van der Waals surface area (Å²) in [7, 11) is 9.87. The fourth-order valence-corrected chi connectivity index (χ4v) is 21.4. The highest BCUT2D eigenvalue weighted by Gasteiger charge is 2.57. The molecule has 0 amide bonds. The average molecular weight is 1880 g/mol. The number of piperidine rings is 4. The molecule has 0 atom stereocenters. The lowest BCUT2D eigenvalue weighted by atomic mass is 9.73. The molecule has 0 radical (unpaired) electrons. The van der Waals surface area contributed by atoms with E-state index in [1.165, 1.54) is 12.7 Å². The number of aryl methyl sites for hydroxylation is 1. The van der Waals surface area contributed by atoms with Crippen LogP contribution in [0, 0.1) is 17.8 Å². The van der Waals surface area contributed by atoms with Crippen LogP contribution >= 0.6 is 0 Å². The number of unbranched alkanes of at least 4 members (excludes halogenated alkanes) is 6. The first-order valence-corrected chi connectivity index (χ1v) is 50.1. The molecular formula is C116H172N4O16. The number of aromatic hydroxyl groups is 2. The first kappa shape index (κ1) is 111. The number of methoxy groups -OCH3 is 1. The molecule has 6 aromatic rings. The van der Waals surface area contributed by atoms with E-state index in [4.69, 9.17) is 37.9 Å². The van der Waals surface area contributed by atoms with Gasteiger partial charge in [0.25, 0.3) is 0 Å². The van der Waals surface area contributed by atoms with Gasteiger partial charge < -0.3 is 48.1 Å². The second kappa shape index (κ2) is 42.7. The lowest BCUT2D eigenvalue weighted by Gasteiger charge is -2.53. The molecule has 752 valence electrons. The molecule has 0 unspecified atom stereocenters. The Labute approximate surface area is 817 Å². The molecule has 4 fully saturated rings. The number of hydrogen-bond acceptors (Lipinski definition) is 20. The van der Waals surface area contributed by atoms with Crippen molar-refractivity contribution >= 4 is 35.8 Å². The first-order valence-electron chi connectivity index (χ1n) is 50.1. The Hall–Kier alpha value is -8.82. The quantitative estimate of drug-likeness (QED) is 0.0131. The van der Waals surface area contributed by atoms with E-state index in [0.717, 1.165) is 88.8 Å². The smallest absolute Gasteiger partial charge is 0.343 e. The van der Waals surface area contributed by atoms with Crippen molar-refractivity contribution in [2.24, 2.45) is 10.8 Å². The number of hydrogen-bond donors (Lipinski definition) is 2. The first-order chi connectivity index (χ1) is 62.6. The average Bonchev–Trinajstić information content (AvgIpc) is 0.752. The number of carbonyl (C=O) groups is 6. The number of esters is 6. The summed E-state index contributed by atoms with van der Waals surface area (Å²) in [5.74, 6) is -0.608. The number of likely N-dealkylation sites (tertiary alicyclic amines) is 4. The number of carbonyl (C=O) groups excluding carboxylic acids is 6. The molecule has 4 aliphatic heterocycles. The SMILES string of the molecule is COC(=O)c1ccc(-c2ccc(C(=O)Oc3ccc(OCCCCCCC(Cc4cc(C(C)(C)C)c(O)c(C(C)(C)C)c4)(C(=O)OC4CC(C)(C)N(C)C(C)(C)C4)C(=O)OC4CC(C)(C)N(C)C(C)(C)C4)cc3)cc2)cc1.Cc1ccc(OCCCCCCC(Cc2cc(C(C)(C)C)c(O)c(C(C)(C)C)c2)(C(=O)OC2CC(C)(C)N(C)C(C)(C)C2)C(=O)OC2CC(C)(C)N(C)C(C)(C)C2)cc1. The molecule has 0 saturated carbocycles. The third-order valence-electron chi connectivity index (χ3n) is 30.7. The Morgan fingerprint density at radius 3 is 0.816 bits per heavy atom. The molecule has 20 nitrogen and oxygen atoms in total. The maximum absolute atomic E-state index is 15.6. The van der Waals surface area contributed by atoms with Gasteiger partial charge in [0.15, 0.2) is 10.8 Å². The van der Waals surface area contributed by atoms with Gasteiger partial charge in [0.05, 0.1) is 31.5 Å². The zero-order chi connectivity index (χ0) is 102. The molecule has 2 N–H and O–H groups in total. The Kier molecular flexibility index (Phi) is 34.8. The van der Waals surface area contributed by atoms with Crippen molar-refractivity contribution in [1.82, 2.24) is 19.6 Å². The van der Waals surface area contributed by atoms with Gasteiger partial charge >= 0.3 is 35.8 Å². The molecule has 0 aromatic heterocycles. The van der Waals surface area contributed by atoms with E-state index in [-0.39, 0.29) is 98.1 Å². The van der Waals surface area contributed by atoms with Crippen molar-refractivity contribution in [3.8, 4) is 39.9 Å². The van der Waals surface area contributed by atoms with Gasteiger partial charge in [0.1, 0.15) is 53.2 Å². The summed E-state index contributed by atoms with van der Waals surface area (Å²) in [5, 5.41) is 23.5. The largest absolute Gasteiger partial charge is 0.507 e. The Balaban J connectivity index is 0.000000316. The van der Waals surface area contributed by atoms with Gasteiger partial charge in [0, 0.05) is 95.7 Å².